The fraction of sp³-hybridized carbons (Fsp3) is 0.286. The maximum atomic E-state index is 11.6. The number of phenolic OH excluding ortho intramolecular Hbond substituents is 1. The lowest BCUT2D eigenvalue weighted by Crippen LogP contribution is -2.11. The molecule has 0 bridgehead atoms. The van der Waals surface area contributed by atoms with E-state index in [1.807, 2.05) is 13.8 Å². The average molecular weight is 245 g/mol. The average Bonchev–Trinajstić information content (AvgIpc) is 2.33. The highest BCUT2D eigenvalue weighted by Gasteiger charge is 2.11. The molecule has 1 aromatic rings. The van der Waals surface area contributed by atoms with Gasteiger partial charge in [0.1, 0.15) is 17.4 Å². The van der Waals surface area contributed by atoms with Crippen molar-refractivity contribution in [3.63, 3.8) is 0 Å². The molecule has 1 rings (SSSR count). The van der Waals surface area contributed by atoms with Crippen molar-refractivity contribution in [1.29, 1.82) is 5.26 Å². The van der Waals surface area contributed by atoms with Gasteiger partial charge in [0.2, 0.25) is 0 Å². The Morgan fingerprint density at radius 2 is 2.28 bits per heavy atom. The molecule has 0 fully saturated rings. The zero-order valence-corrected chi connectivity index (χ0v) is 10.4. The number of nitriles is 1. The molecular weight excluding hydrogens is 230 g/mol. The van der Waals surface area contributed by atoms with Crippen LogP contribution in [-0.2, 0) is 9.53 Å². The van der Waals surface area contributed by atoms with Crippen LogP contribution in [0.1, 0.15) is 19.4 Å². The van der Waals surface area contributed by atoms with E-state index in [1.165, 1.54) is 18.2 Å². The van der Waals surface area contributed by atoms with Crippen LogP contribution < -0.4 is 0 Å². The van der Waals surface area contributed by atoms with Crippen LogP contribution in [0.4, 0.5) is 0 Å². The zero-order chi connectivity index (χ0) is 13.5. The summed E-state index contributed by atoms with van der Waals surface area (Å²) in [5.41, 5.74) is 0.495. The number of rotatable bonds is 4. The molecule has 0 heterocycles. The molecule has 1 aromatic carbocycles. The van der Waals surface area contributed by atoms with Gasteiger partial charge >= 0.3 is 5.97 Å². The van der Waals surface area contributed by atoms with Gasteiger partial charge in [-0.2, -0.15) is 5.26 Å². The van der Waals surface area contributed by atoms with Gasteiger partial charge in [-0.1, -0.05) is 26.0 Å². The lowest BCUT2D eigenvalue weighted by atomic mass is 10.1. The van der Waals surface area contributed by atoms with Crippen molar-refractivity contribution in [3.05, 3.63) is 35.4 Å². The number of esters is 1. The third kappa shape index (κ3) is 4.30. The summed E-state index contributed by atoms with van der Waals surface area (Å²) in [4.78, 5) is 11.6. The van der Waals surface area contributed by atoms with E-state index in [0.29, 0.717) is 5.56 Å². The van der Waals surface area contributed by atoms with Crippen molar-refractivity contribution >= 4 is 12.0 Å². The van der Waals surface area contributed by atoms with Gasteiger partial charge in [-0.05, 0) is 29.7 Å². The third-order valence-corrected chi connectivity index (χ3v) is 2.07. The third-order valence-electron chi connectivity index (χ3n) is 2.07. The van der Waals surface area contributed by atoms with Crippen molar-refractivity contribution in [1.82, 2.24) is 0 Å². The van der Waals surface area contributed by atoms with Gasteiger partial charge in [-0.15, -0.1) is 0 Å². The second-order valence-electron chi connectivity index (χ2n) is 4.26. The maximum absolute atomic E-state index is 11.6. The van der Waals surface area contributed by atoms with E-state index in [9.17, 15) is 9.90 Å². The van der Waals surface area contributed by atoms with Crippen LogP contribution in [0, 0.1) is 17.2 Å². The number of hydrogen-bond donors (Lipinski definition) is 1. The van der Waals surface area contributed by atoms with E-state index in [2.05, 4.69) is 0 Å². The summed E-state index contributed by atoms with van der Waals surface area (Å²) in [5, 5.41) is 18.2. The Balaban J connectivity index is 2.83. The number of nitrogens with zero attached hydrogens (tertiary/aromatic N) is 1. The van der Waals surface area contributed by atoms with Crippen molar-refractivity contribution in [2.45, 2.75) is 13.8 Å². The molecule has 1 N–H and O–H groups in total. The van der Waals surface area contributed by atoms with Gasteiger partial charge in [0.05, 0.1) is 6.61 Å². The maximum Gasteiger partial charge on any atom is 0.348 e. The Kier molecular flexibility index (Phi) is 4.94. The predicted octanol–water partition coefficient (Wildman–Crippen LogP) is 2.50. The summed E-state index contributed by atoms with van der Waals surface area (Å²) < 4.78 is 4.97. The van der Waals surface area contributed by atoms with Crippen molar-refractivity contribution in [2.75, 3.05) is 6.61 Å². The molecule has 4 heteroatoms. The van der Waals surface area contributed by atoms with Gasteiger partial charge in [-0.3, -0.25) is 0 Å². The second kappa shape index (κ2) is 6.45. The summed E-state index contributed by atoms with van der Waals surface area (Å²) in [6, 6.07) is 8.10. The number of benzene rings is 1. The summed E-state index contributed by atoms with van der Waals surface area (Å²) >= 11 is 0. The molecule has 0 saturated heterocycles. The first kappa shape index (κ1) is 13.8. The smallest absolute Gasteiger partial charge is 0.348 e. The van der Waals surface area contributed by atoms with Crippen LogP contribution in [0.15, 0.2) is 29.8 Å². The fourth-order valence-electron chi connectivity index (χ4n) is 1.24. The van der Waals surface area contributed by atoms with E-state index in [0.717, 1.165) is 0 Å². The predicted molar refractivity (Wildman–Crippen MR) is 67.5 cm³/mol. The van der Waals surface area contributed by atoms with Crippen LogP contribution in [0.2, 0.25) is 0 Å². The summed E-state index contributed by atoms with van der Waals surface area (Å²) in [7, 11) is 0. The Morgan fingerprint density at radius 3 is 2.83 bits per heavy atom. The largest absolute Gasteiger partial charge is 0.508 e. The first-order valence-corrected chi connectivity index (χ1v) is 5.61. The molecule has 18 heavy (non-hydrogen) atoms. The van der Waals surface area contributed by atoms with Gasteiger partial charge in [0, 0.05) is 0 Å². The minimum Gasteiger partial charge on any atom is -0.508 e. The standard InChI is InChI=1S/C14H15NO3/c1-10(2)9-18-14(17)12(8-15)6-11-4-3-5-13(16)7-11/h3-7,10,16H,9H2,1-2H3. The second-order valence-corrected chi connectivity index (χ2v) is 4.26. The number of carbonyl (C=O) groups excluding carboxylic acids is 1. The Hall–Kier alpha value is -2.28. The number of aromatic hydroxyl groups is 1. The number of phenols is 1. The van der Waals surface area contributed by atoms with Crippen molar-refractivity contribution in [3.8, 4) is 11.8 Å². The summed E-state index contributed by atoms with van der Waals surface area (Å²) in [6.07, 6.45) is 1.39. The molecular formula is C14H15NO3. The summed E-state index contributed by atoms with van der Waals surface area (Å²) in [6.45, 7) is 4.11. The molecule has 0 aliphatic rings. The molecule has 0 aliphatic carbocycles. The molecule has 0 amide bonds. The SMILES string of the molecule is CC(C)COC(=O)C(C#N)=Cc1cccc(O)c1. The summed E-state index contributed by atoms with van der Waals surface area (Å²) in [5.74, 6) is -0.346. The Labute approximate surface area is 106 Å². The topological polar surface area (TPSA) is 70.3 Å². The molecule has 4 nitrogen and oxygen atoms in total. The molecule has 0 radical (unpaired) electrons. The molecule has 0 spiro atoms. The molecule has 0 aromatic heterocycles. The van der Waals surface area contributed by atoms with Crippen molar-refractivity contribution in [2.24, 2.45) is 5.92 Å². The van der Waals surface area contributed by atoms with Gasteiger partial charge in [0.15, 0.2) is 0 Å². The minimum absolute atomic E-state index is 0.0802. The Morgan fingerprint density at radius 1 is 1.56 bits per heavy atom. The zero-order valence-electron chi connectivity index (χ0n) is 10.4. The van der Waals surface area contributed by atoms with Crippen LogP contribution >= 0.6 is 0 Å². The molecule has 0 saturated carbocycles. The highest BCUT2D eigenvalue weighted by Crippen LogP contribution is 2.14. The van der Waals surface area contributed by atoms with Crippen molar-refractivity contribution < 1.29 is 14.6 Å². The van der Waals surface area contributed by atoms with Gasteiger partial charge in [-0.25, -0.2) is 4.79 Å². The fourth-order valence-corrected chi connectivity index (χ4v) is 1.24. The molecule has 94 valence electrons. The first-order valence-electron chi connectivity index (χ1n) is 5.61. The number of carbonyl (C=O) groups is 1. The normalized spacial score (nSPS) is 11.1. The highest BCUT2D eigenvalue weighted by atomic mass is 16.5. The first-order chi connectivity index (χ1) is 8.52. The minimum atomic E-state index is -0.644. The van der Waals surface area contributed by atoms with E-state index in [4.69, 9.17) is 10.00 Å². The van der Waals surface area contributed by atoms with Crippen LogP contribution in [-0.4, -0.2) is 17.7 Å². The lowest BCUT2D eigenvalue weighted by molar-refractivity contribution is -0.139. The lowest BCUT2D eigenvalue weighted by Gasteiger charge is -2.06. The number of ether oxygens (including phenoxy) is 1. The van der Waals surface area contributed by atoms with Gasteiger partial charge in [0.25, 0.3) is 0 Å². The van der Waals surface area contributed by atoms with E-state index in [1.54, 1.807) is 18.2 Å². The van der Waals surface area contributed by atoms with Gasteiger partial charge < -0.3 is 9.84 Å². The Bertz CT molecular complexity index is 498. The van der Waals surface area contributed by atoms with E-state index in [-0.39, 0.29) is 23.8 Å². The number of hydrogen-bond acceptors (Lipinski definition) is 4. The quantitative estimate of drug-likeness (QED) is 0.502. The van der Waals surface area contributed by atoms with E-state index >= 15 is 0 Å². The monoisotopic (exact) mass is 245 g/mol. The highest BCUT2D eigenvalue weighted by molar-refractivity contribution is 5.97. The van der Waals surface area contributed by atoms with Crippen LogP contribution in [0.25, 0.3) is 6.08 Å². The molecule has 0 aliphatic heterocycles. The van der Waals surface area contributed by atoms with Crippen LogP contribution in [0.3, 0.4) is 0 Å². The van der Waals surface area contributed by atoms with Crippen LogP contribution in [0.5, 0.6) is 5.75 Å². The molecule has 0 atom stereocenters. The van der Waals surface area contributed by atoms with E-state index < -0.39 is 5.97 Å². The molecule has 0 unspecified atom stereocenters.